The Morgan fingerprint density at radius 1 is 1.22 bits per heavy atom. The van der Waals surface area contributed by atoms with E-state index in [-0.39, 0.29) is 16.4 Å². The summed E-state index contributed by atoms with van der Waals surface area (Å²) in [5.74, 6) is 0.144. The lowest BCUT2D eigenvalue weighted by molar-refractivity contribution is -0.143. The first-order chi connectivity index (χ1) is 8.04. The summed E-state index contributed by atoms with van der Waals surface area (Å²) in [6.45, 7) is 9.36. The number of carbonyl (C=O) groups is 1. The van der Waals surface area contributed by atoms with E-state index in [1.54, 1.807) is 13.8 Å². The molecule has 0 aromatic heterocycles. The molecule has 102 valence electrons. The Bertz CT molecular complexity index is 377. The van der Waals surface area contributed by atoms with Gasteiger partial charge in [0.15, 0.2) is 0 Å². The van der Waals surface area contributed by atoms with Crippen LogP contribution in [0.1, 0.15) is 52.9 Å². The van der Waals surface area contributed by atoms with Gasteiger partial charge in [-0.3, -0.25) is 4.79 Å². The fourth-order valence-electron chi connectivity index (χ4n) is 4.78. The molecule has 0 aromatic rings. The second-order valence-corrected chi connectivity index (χ2v) is 8.75. The van der Waals surface area contributed by atoms with Crippen LogP contribution < -0.4 is 0 Å². The number of fused-ring (bicyclic) bond motifs is 2. The Balaban J connectivity index is 2.51. The fourth-order valence-corrected chi connectivity index (χ4v) is 5.58. The second kappa shape index (κ2) is 3.88. The fraction of sp³-hybridized carbons (Fsp3) is 0.800. The van der Waals surface area contributed by atoms with E-state index in [0.717, 1.165) is 19.3 Å². The van der Waals surface area contributed by atoms with Gasteiger partial charge < -0.3 is 0 Å². The Labute approximate surface area is 112 Å². The molecule has 0 saturated heterocycles. The van der Waals surface area contributed by atoms with Crippen LogP contribution in [0.25, 0.3) is 0 Å². The summed E-state index contributed by atoms with van der Waals surface area (Å²) in [6, 6.07) is 0. The zero-order chi connectivity index (χ0) is 13.8. The number of alkyl halides is 1. The number of rotatable bonds is 2. The highest BCUT2D eigenvalue weighted by molar-refractivity contribution is 7.18. The SMILES string of the molecule is C=CC12CC(C)(F)CC(C(C)=O)(CC(C)(P)C1)C2. The van der Waals surface area contributed by atoms with Crippen molar-refractivity contribution in [3.8, 4) is 0 Å². The van der Waals surface area contributed by atoms with Crippen LogP contribution in [0.3, 0.4) is 0 Å². The third kappa shape index (κ3) is 2.29. The van der Waals surface area contributed by atoms with Gasteiger partial charge >= 0.3 is 0 Å². The third-order valence-electron chi connectivity index (χ3n) is 4.80. The van der Waals surface area contributed by atoms with E-state index < -0.39 is 11.1 Å². The van der Waals surface area contributed by atoms with E-state index in [9.17, 15) is 9.18 Å². The van der Waals surface area contributed by atoms with Crippen LogP contribution in [0.2, 0.25) is 0 Å². The molecule has 0 N–H and O–H groups in total. The Kier molecular flexibility index (Phi) is 3.06. The van der Waals surface area contributed by atoms with Crippen LogP contribution in [0.4, 0.5) is 4.39 Å². The normalized spacial score (nSPS) is 51.8. The first kappa shape index (κ1) is 14.2. The summed E-state index contributed by atoms with van der Waals surface area (Å²) in [4.78, 5) is 12.2. The van der Waals surface area contributed by atoms with Crippen molar-refractivity contribution in [1.29, 1.82) is 0 Å². The summed E-state index contributed by atoms with van der Waals surface area (Å²) < 4.78 is 14.7. The van der Waals surface area contributed by atoms with Gasteiger partial charge in [0.1, 0.15) is 11.5 Å². The van der Waals surface area contributed by atoms with Gasteiger partial charge in [0, 0.05) is 5.41 Å². The predicted molar refractivity (Wildman–Crippen MR) is 76.5 cm³/mol. The van der Waals surface area contributed by atoms with Crippen LogP contribution in [-0.2, 0) is 4.79 Å². The summed E-state index contributed by atoms with van der Waals surface area (Å²) >= 11 is 0. The summed E-state index contributed by atoms with van der Waals surface area (Å²) in [5, 5.41) is 0.00854. The summed E-state index contributed by atoms with van der Waals surface area (Å²) in [7, 11) is 2.88. The average Bonchev–Trinajstić information content (AvgIpc) is 2.11. The van der Waals surface area contributed by atoms with Crippen LogP contribution in [0, 0.1) is 10.8 Å². The molecular weight excluding hydrogens is 246 g/mol. The van der Waals surface area contributed by atoms with E-state index in [2.05, 4.69) is 22.7 Å². The molecule has 2 bridgehead atoms. The van der Waals surface area contributed by atoms with Gasteiger partial charge in [-0.25, -0.2) is 4.39 Å². The Morgan fingerprint density at radius 2 is 1.83 bits per heavy atom. The zero-order valence-corrected chi connectivity index (χ0v) is 12.8. The minimum atomic E-state index is -1.25. The van der Waals surface area contributed by atoms with E-state index in [0.29, 0.717) is 12.8 Å². The monoisotopic (exact) mass is 270 g/mol. The second-order valence-electron chi connectivity index (χ2n) is 7.35. The van der Waals surface area contributed by atoms with E-state index in [1.807, 2.05) is 6.08 Å². The van der Waals surface area contributed by atoms with Gasteiger partial charge in [-0.15, -0.1) is 15.8 Å². The van der Waals surface area contributed by atoms with Gasteiger partial charge in [0.25, 0.3) is 0 Å². The summed E-state index contributed by atoms with van der Waals surface area (Å²) in [6.07, 6.45) is 5.24. The molecule has 3 heteroatoms. The van der Waals surface area contributed by atoms with Gasteiger partial charge in [-0.2, -0.15) is 0 Å². The number of hydrogen-bond donors (Lipinski definition) is 0. The quantitative estimate of drug-likeness (QED) is 0.546. The number of ketones is 1. The van der Waals surface area contributed by atoms with E-state index in [4.69, 9.17) is 0 Å². The number of allylic oxidation sites excluding steroid dienone is 1. The van der Waals surface area contributed by atoms with Crippen molar-refractivity contribution in [1.82, 2.24) is 0 Å². The minimum Gasteiger partial charge on any atom is -0.299 e. The maximum absolute atomic E-state index is 14.7. The highest BCUT2D eigenvalue weighted by atomic mass is 31.0. The lowest BCUT2D eigenvalue weighted by atomic mass is 9.48. The highest BCUT2D eigenvalue weighted by Crippen LogP contribution is 2.64. The van der Waals surface area contributed by atoms with Gasteiger partial charge in [0.2, 0.25) is 0 Å². The van der Waals surface area contributed by atoms with E-state index in [1.165, 1.54) is 0 Å². The van der Waals surface area contributed by atoms with Crippen molar-refractivity contribution in [2.75, 3.05) is 0 Å². The van der Waals surface area contributed by atoms with Gasteiger partial charge in [-0.1, -0.05) is 13.0 Å². The molecular formula is C15H24FOP. The maximum Gasteiger partial charge on any atom is 0.136 e. The Hall–Kier alpha value is -0.230. The van der Waals surface area contributed by atoms with Crippen molar-refractivity contribution in [2.24, 2.45) is 10.8 Å². The van der Waals surface area contributed by atoms with Crippen LogP contribution in [0.5, 0.6) is 0 Å². The van der Waals surface area contributed by atoms with Crippen LogP contribution in [0.15, 0.2) is 12.7 Å². The van der Waals surface area contributed by atoms with Gasteiger partial charge in [0.05, 0.1) is 0 Å². The van der Waals surface area contributed by atoms with Crippen molar-refractivity contribution in [3.63, 3.8) is 0 Å². The lowest BCUT2D eigenvalue weighted by Gasteiger charge is -2.58. The molecule has 5 atom stereocenters. The molecule has 2 aliphatic carbocycles. The van der Waals surface area contributed by atoms with Crippen molar-refractivity contribution in [2.45, 2.75) is 63.7 Å². The third-order valence-corrected chi connectivity index (χ3v) is 5.20. The Morgan fingerprint density at radius 3 is 2.33 bits per heavy atom. The lowest BCUT2D eigenvalue weighted by Crippen LogP contribution is -2.56. The molecule has 2 aliphatic rings. The van der Waals surface area contributed by atoms with Crippen LogP contribution in [-0.4, -0.2) is 16.6 Å². The molecule has 5 unspecified atom stereocenters. The number of hydrogen-bond acceptors (Lipinski definition) is 1. The predicted octanol–water partition coefficient (Wildman–Crippen LogP) is 4.07. The topological polar surface area (TPSA) is 17.1 Å². The smallest absolute Gasteiger partial charge is 0.136 e. The zero-order valence-electron chi connectivity index (χ0n) is 11.7. The highest BCUT2D eigenvalue weighted by Gasteiger charge is 2.60. The minimum absolute atomic E-state index is 0.00854. The molecule has 0 radical (unpaired) electrons. The first-order valence-corrected chi connectivity index (χ1v) is 7.24. The van der Waals surface area contributed by atoms with Crippen molar-refractivity contribution >= 4 is 15.0 Å². The molecule has 0 amide bonds. The summed E-state index contributed by atoms with van der Waals surface area (Å²) in [5.41, 5.74) is -1.97. The molecule has 18 heavy (non-hydrogen) atoms. The molecule has 1 nitrogen and oxygen atoms in total. The standard InChI is InChI=1S/C15H24FOP/c1-5-14-6-12(3,16)7-15(10-14,11(2)17)9-13(4,18)8-14/h5H,1,6-10,18H2,2-4H3. The molecule has 0 aliphatic heterocycles. The van der Waals surface area contributed by atoms with Crippen LogP contribution >= 0.6 is 9.24 Å². The van der Waals surface area contributed by atoms with Gasteiger partial charge in [-0.05, 0) is 56.5 Å². The molecule has 2 rings (SSSR count). The largest absolute Gasteiger partial charge is 0.299 e. The number of halogens is 1. The number of Topliss-reactive ketones (excluding diaryl/α,β-unsaturated/α-hetero) is 1. The molecule has 0 heterocycles. The number of carbonyl (C=O) groups excluding carboxylic acids is 1. The molecule has 0 spiro atoms. The van der Waals surface area contributed by atoms with E-state index >= 15 is 0 Å². The first-order valence-electron chi connectivity index (χ1n) is 6.66. The average molecular weight is 270 g/mol. The van der Waals surface area contributed by atoms with Crippen molar-refractivity contribution < 1.29 is 9.18 Å². The molecule has 2 fully saturated rings. The van der Waals surface area contributed by atoms with Crippen molar-refractivity contribution in [3.05, 3.63) is 12.7 Å². The molecule has 2 saturated carbocycles. The molecule has 0 aromatic carbocycles. The maximum atomic E-state index is 14.7.